The van der Waals surface area contributed by atoms with E-state index in [1.165, 1.54) is 9.79 Å². The number of para-hydroxylation sites is 6. The van der Waals surface area contributed by atoms with Crippen LogP contribution in [0.5, 0.6) is 23.0 Å². The lowest BCUT2D eigenvalue weighted by atomic mass is 10.2. The van der Waals surface area contributed by atoms with Crippen molar-refractivity contribution in [2.24, 2.45) is 0 Å². The van der Waals surface area contributed by atoms with Crippen molar-refractivity contribution >= 4 is 23.1 Å². The van der Waals surface area contributed by atoms with E-state index in [0.717, 1.165) is 34.4 Å². The highest BCUT2D eigenvalue weighted by Gasteiger charge is 2.16. The minimum atomic E-state index is 0.881. The molecule has 0 bridgehead atoms. The zero-order valence-electron chi connectivity index (χ0n) is 15.0. The van der Waals surface area contributed by atoms with Gasteiger partial charge in [0.2, 0.25) is 0 Å². The zero-order chi connectivity index (χ0) is 18.8. The van der Waals surface area contributed by atoms with E-state index in [9.17, 15) is 0 Å². The molecule has 4 heteroatoms. The van der Waals surface area contributed by atoms with E-state index in [0.29, 0.717) is 0 Å². The van der Waals surface area contributed by atoms with Crippen LogP contribution in [0.4, 0.5) is 11.4 Å². The summed E-state index contributed by atoms with van der Waals surface area (Å²) in [7, 11) is 0. The molecular formula is C24H17NO2S. The second-order valence-electron chi connectivity index (χ2n) is 6.32. The van der Waals surface area contributed by atoms with Crippen molar-refractivity contribution in [3.63, 3.8) is 0 Å². The van der Waals surface area contributed by atoms with Crippen molar-refractivity contribution in [2.45, 2.75) is 9.79 Å². The SMILES string of the molecule is c1ccc2c(c1)Nc1ccccc1O2.c1ccc2c(c1)Oc1ccccc1S2. The Morgan fingerprint density at radius 1 is 0.464 bits per heavy atom. The molecule has 0 atom stereocenters. The number of nitrogens with one attached hydrogen (secondary N) is 1. The van der Waals surface area contributed by atoms with Gasteiger partial charge < -0.3 is 14.8 Å². The van der Waals surface area contributed by atoms with Gasteiger partial charge >= 0.3 is 0 Å². The second-order valence-corrected chi connectivity index (χ2v) is 7.40. The normalized spacial score (nSPS) is 12.3. The lowest BCUT2D eigenvalue weighted by Gasteiger charge is -2.20. The van der Waals surface area contributed by atoms with Gasteiger partial charge in [0.05, 0.1) is 21.2 Å². The topological polar surface area (TPSA) is 30.5 Å². The maximum absolute atomic E-state index is 5.76. The first-order chi connectivity index (χ1) is 13.9. The molecule has 0 saturated carbocycles. The van der Waals surface area contributed by atoms with E-state index >= 15 is 0 Å². The van der Waals surface area contributed by atoms with E-state index in [2.05, 4.69) is 17.4 Å². The molecule has 0 unspecified atom stereocenters. The molecule has 0 radical (unpaired) electrons. The summed E-state index contributed by atoms with van der Waals surface area (Å²) in [5, 5.41) is 3.32. The summed E-state index contributed by atoms with van der Waals surface area (Å²) >= 11 is 1.76. The standard InChI is InChI=1S/C12H9NO.C12H8OS/c2*1-3-7-11-9(5-1)13-10-6-2-4-8-12(10)14-11/h1-8,13H;1-8H. The molecule has 3 nitrogen and oxygen atoms in total. The molecule has 6 rings (SSSR count). The minimum Gasteiger partial charge on any atom is -0.455 e. The van der Waals surface area contributed by atoms with E-state index in [-0.39, 0.29) is 0 Å². The molecule has 0 spiro atoms. The van der Waals surface area contributed by atoms with Crippen LogP contribution in [0, 0.1) is 0 Å². The lowest BCUT2D eigenvalue weighted by molar-refractivity contribution is 0.454. The van der Waals surface area contributed by atoms with Crippen LogP contribution in [-0.2, 0) is 0 Å². The maximum atomic E-state index is 5.76. The molecule has 4 aromatic carbocycles. The Morgan fingerprint density at radius 2 is 0.857 bits per heavy atom. The van der Waals surface area contributed by atoms with Crippen molar-refractivity contribution < 1.29 is 9.47 Å². The van der Waals surface area contributed by atoms with Crippen molar-refractivity contribution in [1.29, 1.82) is 0 Å². The molecule has 2 heterocycles. The molecule has 4 aromatic rings. The van der Waals surface area contributed by atoms with E-state index in [1.54, 1.807) is 11.8 Å². The summed E-state index contributed by atoms with van der Waals surface area (Å²) in [6, 6.07) is 32.0. The van der Waals surface area contributed by atoms with Crippen LogP contribution in [0.15, 0.2) is 107 Å². The molecular weight excluding hydrogens is 366 g/mol. The third-order valence-electron chi connectivity index (χ3n) is 4.40. The second kappa shape index (κ2) is 7.33. The van der Waals surface area contributed by atoms with Crippen molar-refractivity contribution in [3.05, 3.63) is 97.1 Å². The predicted molar refractivity (Wildman–Crippen MR) is 113 cm³/mol. The quantitative estimate of drug-likeness (QED) is 0.294. The first kappa shape index (κ1) is 16.8. The number of hydrogen-bond donors (Lipinski definition) is 1. The molecule has 0 fully saturated rings. The van der Waals surface area contributed by atoms with Crippen LogP contribution < -0.4 is 14.8 Å². The maximum Gasteiger partial charge on any atom is 0.150 e. The van der Waals surface area contributed by atoms with Crippen LogP contribution in [0.2, 0.25) is 0 Å². The third-order valence-corrected chi connectivity index (χ3v) is 5.52. The van der Waals surface area contributed by atoms with Crippen LogP contribution in [0.3, 0.4) is 0 Å². The van der Waals surface area contributed by atoms with Gasteiger partial charge in [0.1, 0.15) is 11.5 Å². The van der Waals surface area contributed by atoms with Crippen LogP contribution in [0.25, 0.3) is 0 Å². The van der Waals surface area contributed by atoms with Crippen molar-refractivity contribution in [2.75, 3.05) is 5.32 Å². The van der Waals surface area contributed by atoms with Gasteiger partial charge in [0.25, 0.3) is 0 Å². The van der Waals surface area contributed by atoms with Crippen molar-refractivity contribution in [3.8, 4) is 23.0 Å². The van der Waals surface area contributed by atoms with Gasteiger partial charge in [-0.2, -0.15) is 0 Å². The zero-order valence-corrected chi connectivity index (χ0v) is 15.8. The fraction of sp³-hybridized carbons (Fsp3) is 0. The molecule has 0 saturated heterocycles. The molecule has 0 aromatic heterocycles. The summed E-state index contributed by atoms with van der Waals surface area (Å²) in [6.45, 7) is 0. The molecule has 136 valence electrons. The van der Waals surface area contributed by atoms with Gasteiger partial charge in [-0.15, -0.1) is 0 Å². The van der Waals surface area contributed by atoms with Gasteiger partial charge in [0.15, 0.2) is 11.5 Å². The van der Waals surface area contributed by atoms with Crippen molar-refractivity contribution in [1.82, 2.24) is 0 Å². The van der Waals surface area contributed by atoms with Gasteiger partial charge in [0, 0.05) is 0 Å². The fourth-order valence-electron chi connectivity index (χ4n) is 3.06. The van der Waals surface area contributed by atoms with Gasteiger partial charge in [-0.3, -0.25) is 0 Å². The van der Waals surface area contributed by atoms with Crippen LogP contribution in [0.1, 0.15) is 0 Å². The minimum absolute atomic E-state index is 0.881. The Kier molecular flexibility index (Phi) is 4.39. The number of benzene rings is 4. The molecule has 28 heavy (non-hydrogen) atoms. The molecule has 2 aliphatic rings. The third kappa shape index (κ3) is 3.30. The number of hydrogen-bond acceptors (Lipinski definition) is 4. The predicted octanol–water partition coefficient (Wildman–Crippen LogP) is 7.48. The highest BCUT2D eigenvalue weighted by atomic mass is 32.2. The molecule has 0 amide bonds. The molecule has 2 aliphatic heterocycles. The summed E-state index contributed by atoms with van der Waals surface area (Å²) in [5.74, 6) is 3.67. The number of fused-ring (bicyclic) bond motifs is 4. The highest BCUT2D eigenvalue weighted by Crippen LogP contribution is 2.46. The summed E-state index contributed by atoms with van der Waals surface area (Å²) in [5.41, 5.74) is 2.04. The first-order valence-electron chi connectivity index (χ1n) is 9.03. The Morgan fingerprint density at radius 3 is 1.39 bits per heavy atom. The van der Waals surface area contributed by atoms with E-state index in [4.69, 9.17) is 9.47 Å². The Bertz CT molecular complexity index is 877. The van der Waals surface area contributed by atoms with Crippen LogP contribution >= 0.6 is 11.8 Å². The average molecular weight is 383 g/mol. The summed E-state index contributed by atoms with van der Waals surface area (Å²) in [6.07, 6.45) is 0. The monoisotopic (exact) mass is 383 g/mol. The number of ether oxygens (including phenoxy) is 2. The number of anilines is 2. The largest absolute Gasteiger partial charge is 0.455 e. The van der Waals surface area contributed by atoms with Gasteiger partial charge in [-0.25, -0.2) is 0 Å². The Hall–Kier alpha value is -3.37. The van der Waals surface area contributed by atoms with E-state index in [1.807, 2.05) is 84.9 Å². The summed E-state index contributed by atoms with van der Waals surface area (Å²) in [4.78, 5) is 2.37. The highest BCUT2D eigenvalue weighted by molar-refractivity contribution is 7.99. The molecule has 0 aliphatic carbocycles. The first-order valence-corrected chi connectivity index (χ1v) is 9.85. The molecule has 1 N–H and O–H groups in total. The summed E-state index contributed by atoms with van der Waals surface area (Å²) < 4.78 is 11.5. The van der Waals surface area contributed by atoms with Gasteiger partial charge in [-0.1, -0.05) is 60.3 Å². The lowest BCUT2D eigenvalue weighted by Crippen LogP contribution is -2.01. The smallest absolute Gasteiger partial charge is 0.150 e. The fourth-order valence-corrected chi connectivity index (χ4v) is 4.01. The number of rotatable bonds is 0. The van der Waals surface area contributed by atoms with E-state index < -0.39 is 0 Å². The Balaban J connectivity index is 0.000000122. The van der Waals surface area contributed by atoms with Gasteiger partial charge in [-0.05, 0) is 48.5 Å². The average Bonchev–Trinajstić information content (AvgIpc) is 2.76. The Labute approximate surface area is 167 Å². The van der Waals surface area contributed by atoms with Crippen LogP contribution in [-0.4, -0.2) is 0 Å².